The van der Waals surface area contributed by atoms with Crippen LogP contribution in [0.2, 0.25) is 0 Å². The molecule has 0 atom stereocenters. The van der Waals surface area contributed by atoms with Crippen LogP contribution in [0.4, 0.5) is 0 Å². The van der Waals surface area contributed by atoms with Gasteiger partial charge >= 0.3 is 0 Å². The van der Waals surface area contributed by atoms with Crippen molar-refractivity contribution in [2.24, 2.45) is 5.92 Å². The molecule has 0 aromatic carbocycles. The van der Waals surface area contributed by atoms with E-state index in [1.807, 2.05) is 7.05 Å². The molecule has 2 nitrogen and oxygen atoms in total. The van der Waals surface area contributed by atoms with Crippen LogP contribution in [0.15, 0.2) is 0 Å². The molecule has 2 heteroatoms. The molecule has 1 N–H and O–H groups in total. The average molecular weight is 240 g/mol. The van der Waals surface area contributed by atoms with Gasteiger partial charge in [-0.15, -0.1) is 0 Å². The van der Waals surface area contributed by atoms with E-state index in [1.165, 1.54) is 77.5 Å². The maximum absolute atomic E-state index is 3.21. The summed E-state index contributed by atoms with van der Waals surface area (Å²) in [7, 11) is 2.04. The van der Waals surface area contributed by atoms with E-state index in [-0.39, 0.29) is 0 Å². The molecule has 102 valence electrons. The van der Waals surface area contributed by atoms with Crippen molar-refractivity contribution >= 4 is 0 Å². The summed E-state index contributed by atoms with van der Waals surface area (Å²) in [5.41, 5.74) is 0. The van der Waals surface area contributed by atoms with Crippen LogP contribution in [0.3, 0.4) is 0 Å². The highest BCUT2D eigenvalue weighted by atomic mass is 15.1. The molecule has 0 spiro atoms. The van der Waals surface area contributed by atoms with Crippen molar-refractivity contribution in [1.82, 2.24) is 10.2 Å². The van der Waals surface area contributed by atoms with Crippen LogP contribution in [-0.4, -0.2) is 38.1 Å². The molecule has 0 aliphatic carbocycles. The van der Waals surface area contributed by atoms with Crippen molar-refractivity contribution < 1.29 is 0 Å². The molecule has 0 amide bonds. The third-order valence-corrected chi connectivity index (χ3v) is 4.06. The van der Waals surface area contributed by atoms with Gasteiger partial charge in [-0.1, -0.05) is 32.6 Å². The summed E-state index contributed by atoms with van der Waals surface area (Å²) in [6.07, 6.45) is 11.3. The first kappa shape index (κ1) is 15.0. The van der Waals surface area contributed by atoms with Gasteiger partial charge in [0.25, 0.3) is 0 Å². The maximum Gasteiger partial charge on any atom is -0.00161 e. The summed E-state index contributed by atoms with van der Waals surface area (Å²) in [6, 6.07) is 0. The van der Waals surface area contributed by atoms with Crippen LogP contribution < -0.4 is 5.32 Å². The SMILES string of the molecule is CCCC1CCN(CCCCCCNC)CC1. The van der Waals surface area contributed by atoms with E-state index in [2.05, 4.69) is 17.1 Å². The van der Waals surface area contributed by atoms with Crippen molar-refractivity contribution in [2.75, 3.05) is 33.2 Å². The van der Waals surface area contributed by atoms with Crippen molar-refractivity contribution in [3.63, 3.8) is 0 Å². The molecule has 1 rings (SSSR count). The second-order valence-corrected chi connectivity index (χ2v) is 5.59. The summed E-state index contributed by atoms with van der Waals surface area (Å²) < 4.78 is 0. The molecule has 1 fully saturated rings. The molecule has 0 aromatic rings. The molecule has 1 aliphatic heterocycles. The number of rotatable bonds is 9. The van der Waals surface area contributed by atoms with Crippen LogP contribution in [0.25, 0.3) is 0 Å². The smallest absolute Gasteiger partial charge is 0.00161 e. The number of hydrogen-bond donors (Lipinski definition) is 1. The topological polar surface area (TPSA) is 15.3 Å². The first-order valence-electron chi connectivity index (χ1n) is 7.73. The summed E-state index contributed by atoms with van der Waals surface area (Å²) in [4.78, 5) is 2.68. The van der Waals surface area contributed by atoms with E-state index in [0.29, 0.717) is 0 Å². The Kier molecular flexibility index (Phi) is 8.72. The van der Waals surface area contributed by atoms with Crippen LogP contribution in [0.1, 0.15) is 58.3 Å². The molecule has 0 aromatic heterocycles. The van der Waals surface area contributed by atoms with Gasteiger partial charge in [0.2, 0.25) is 0 Å². The quantitative estimate of drug-likeness (QED) is 0.622. The fourth-order valence-electron chi connectivity index (χ4n) is 2.90. The van der Waals surface area contributed by atoms with E-state index in [4.69, 9.17) is 0 Å². The number of nitrogens with one attached hydrogen (secondary N) is 1. The van der Waals surface area contributed by atoms with Gasteiger partial charge in [0, 0.05) is 0 Å². The molecular weight excluding hydrogens is 208 g/mol. The Balaban J connectivity index is 1.91. The summed E-state index contributed by atoms with van der Waals surface area (Å²) in [5.74, 6) is 1.03. The van der Waals surface area contributed by atoms with Gasteiger partial charge in [0.1, 0.15) is 0 Å². The van der Waals surface area contributed by atoms with Gasteiger partial charge in [-0.2, -0.15) is 0 Å². The lowest BCUT2D eigenvalue weighted by Crippen LogP contribution is -2.34. The van der Waals surface area contributed by atoms with Crippen molar-refractivity contribution in [1.29, 1.82) is 0 Å². The molecule has 1 aliphatic rings. The third-order valence-electron chi connectivity index (χ3n) is 4.06. The molecule has 0 bridgehead atoms. The van der Waals surface area contributed by atoms with Crippen LogP contribution in [0.5, 0.6) is 0 Å². The Morgan fingerprint density at radius 2 is 1.76 bits per heavy atom. The Morgan fingerprint density at radius 1 is 1.06 bits per heavy atom. The molecule has 1 heterocycles. The van der Waals surface area contributed by atoms with E-state index >= 15 is 0 Å². The molecular formula is C15H32N2. The Labute approximate surface area is 108 Å². The normalized spacial score (nSPS) is 18.7. The maximum atomic E-state index is 3.21. The molecule has 17 heavy (non-hydrogen) atoms. The minimum atomic E-state index is 1.03. The molecule has 1 saturated heterocycles. The van der Waals surface area contributed by atoms with Crippen LogP contribution in [-0.2, 0) is 0 Å². The van der Waals surface area contributed by atoms with Gasteiger partial charge in [0.05, 0.1) is 0 Å². The van der Waals surface area contributed by atoms with Gasteiger partial charge < -0.3 is 10.2 Å². The number of hydrogen-bond acceptors (Lipinski definition) is 2. The minimum Gasteiger partial charge on any atom is -0.320 e. The highest BCUT2D eigenvalue weighted by molar-refractivity contribution is 4.71. The average Bonchev–Trinajstić information content (AvgIpc) is 2.36. The van der Waals surface area contributed by atoms with Gasteiger partial charge in [-0.25, -0.2) is 0 Å². The standard InChI is InChI=1S/C15H32N2/c1-3-8-15-9-13-17(14-10-15)12-7-5-4-6-11-16-2/h15-16H,3-14H2,1-2H3. The molecule has 0 saturated carbocycles. The lowest BCUT2D eigenvalue weighted by molar-refractivity contribution is 0.175. The molecule has 0 radical (unpaired) electrons. The van der Waals surface area contributed by atoms with Crippen molar-refractivity contribution in [3.05, 3.63) is 0 Å². The summed E-state index contributed by atoms with van der Waals surface area (Å²) >= 11 is 0. The second kappa shape index (κ2) is 9.90. The zero-order valence-electron chi connectivity index (χ0n) is 12.0. The molecule has 0 unspecified atom stereocenters. The highest BCUT2D eigenvalue weighted by Gasteiger charge is 2.17. The zero-order chi connectivity index (χ0) is 12.3. The second-order valence-electron chi connectivity index (χ2n) is 5.59. The lowest BCUT2D eigenvalue weighted by atomic mass is 9.92. The first-order chi connectivity index (χ1) is 8.36. The number of unbranched alkanes of at least 4 members (excludes halogenated alkanes) is 3. The van der Waals surface area contributed by atoms with E-state index in [0.717, 1.165) is 5.92 Å². The monoisotopic (exact) mass is 240 g/mol. The number of likely N-dealkylation sites (tertiary alicyclic amines) is 1. The first-order valence-corrected chi connectivity index (χ1v) is 7.73. The van der Waals surface area contributed by atoms with E-state index in [1.54, 1.807) is 0 Å². The summed E-state index contributed by atoms with van der Waals surface area (Å²) in [6.45, 7) is 7.57. The predicted molar refractivity (Wildman–Crippen MR) is 76.5 cm³/mol. The Morgan fingerprint density at radius 3 is 2.41 bits per heavy atom. The minimum absolute atomic E-state index is 1.03. The lowest BCUT2D eigenvalue weighted by Gasteiger charge is -2.31. The third kappa shape index (κ3) is 7.05. The zero-order valence-corrected chi connectivity index (χ0v) is 12.0. The Hall–Kier alpha value is -0.0800. The van der Waals surface area contributed by atoms with Crippen molar-refractivity contribution in [2.45, 2.75) is 58.3 Å². The predicted octanol–water partition coefficient (Wildman–Crippen LogP) is 3.28. The van der Waals surface area contributed by atoms with Gasteiger partial charge in [-0.05, 0) is 64.8 Å². The highest BCUT2D eigenvalue weighted by Crippen LogP contribution is 2.21. The van der Waals surface area contributed by atoms with Crippen LogP contribution >= 0.6 is 0 Å². The Bertz CT molecular complexity index is 162. The van der Waals surface area contributed by atoms with Crippen LogP contribution in [0, 0.1) is 5.92 Å². The van der Waals surface area contributed by atoms with Gasteiger partial charge in [-0.3, -0.25) is 0 Å². The largest absolute Gasteiger partial charge is 0.320 e. The summed E-state index contributed by atoms with van der Waals surface area (Å²) in [5, 5.41) is 3.21. The van der Waals surface area contributed by atoms with Crippen molar-refractivity contribution in [3.8, 4) is 0 Å². The van der Waals surface area contributed by atoms with E-state index < -0.39 is 0 Å². The number of nitrogens with zero attached hydrogens (tertiary/aromatic N) is 1. The van der Waals surface area contributed by atoms with E-state index in [9.17, 15) is 0 Å². The van der Waals surface area contributed by atoms with Gasteiger partial charge in [0.15, 0.2) is 0 Å². The fraction of sp³-hybridized carbons (Fsp3) is 1.00. The number of piperidine rings is 1. The fourth-order valence-corrected chi connectivity index (χ4v) is 2.90.